The number of hydrogen-bond donors (Lipinski definition) is 2. The summed E-state index contributed by atoms with van der Waals surface area (Å²) in [6.07, 6.45) is 2.17. The first-order valence-electron chi connectivity index (χ1n) is 7.87. The van der Waals surface area contributed by atoms with Crippen molar-refractivity contribution < 1.29 is 9.84 Å². The minimum Gasteiger partial charge on any atom is -0.389 e. The Bertz CT molecular complexity index is 485. The predicted molar refractivity (Wildman–Crippen MR) is 78.3 cm³/mol. The number of aromatic nitrogens is 2. The van der Waals surface area contributed by atoms with E-state index in [9.17, 15) is 5.11 Å². The van der Waals surface area contributed by atoms with Crippen molar-refractivity contribution in [3.05, 3.63) is 17.8 Å². The number of hydrogen-bond acceptors (Lipinski definition) is 6. The maximum absolute atomic E-state index is 9.68. The van der Waals surface area contributed by atoms with E-state index >= 15 is 0 Å². The fourth-order valence-electron chi connectivity index (χ4n) is 3.04. The van der Waals surface area contributed by atoms with E-state index in [4.69, 9.17) is 4.74 Å². The van der Waals surface area contributed by atoms with Gasteiger partial charge in [-0.1, -0.05) is 0 Å². The SMILES string of the molecule is OC1COCC1NCC1CN(c2ccc(C3CC3)nn2)C1. The van der Waals surface area contributed by atoms with Gasteiger partial charge in [-0.2, -0.15) is 5.10 Å². The van der Waals surface area contributed by atoms with Gasteiger partial charge in [0.15, 0.2) is 5.82 Å². The number of aliphatic hydroxyl groups excluding tert-OH is 1. The van der Waals surface area contributed by atoms with Crippen LogP contribution in [0.2, 0.25) is 0 Å². The predicted octanol–water partition coefficient (Wildman–Crippen LogP) is 0.139. The van der Waals surface area contributed by atoms with Crippen molar-refractivity contribution >= 4 is 5.82 Å². The standard InChI is InChI=1S/C15H22N4O2/c20-14-9-21-8-13(14)16-5-10-6-19(7-10)15-4-3-12(17-18-15)11-1-2-11/h3-4,10-11,13-14,16,20H,1-2,5-9H2. The highest BCUT2D eigenvalue weighted by Gasteiger charge is 2.32. The van der Waals surface area contributed by atoms with Crippen LogP contribution in [-0.2, 0) is 4.74 Å². The Morgan fingerprint density at radius 1 is 1.24 bits per heavy atom. The van der Waals surface area contributed by atoms with Gasteiger partial charge in [0.05, 0.1) is 31.1 Å². The van der Waals surface area contributed by atoms with E-state index in [1.807, 2.05) is 0 Å². The van der Waals surface area contributed by atoms with Crippen LogP contribution in [0.5, 0.6) is 0 Å². The highest BCUT2D eigenvalue weighted by molar-refractivity contribution is 5.41. The maximum Gasteiger partial charge on any atom is 0.151 e. The quantitative estimate of drug-likeness (QED) is 0.804. The summed E-state index contributed by atoms with van der Waals surface area (Å²) < 4.78 is 5.24. The molecule has 0 radical (unpaired) electrons. The lowest BCUT2D eigenvalue weighted by molar-refractivity contribution is 0.121. The van der Waals surface area contributed by atoms with E-state index in [1.54, 1.807) is 0 Å². The molecule has 114 valence electrons. The lowest BCUT2D eigenvalue weighted by Crippen LogP contribution is -2.53. The normalized spacial score (nSPS) is 29.7. The number of anilines is 1. The van der Waals surface area contributed by atoms with Crippen LogP contribution in [0.4, 0.5) is 5.82 Å². The summed E-state index contributed by atoms with van der Waals surface area (Å²) in [5.74, 6) is 2.27. The van der Waals surface area contributed by atoms with Crippen LogP contribution in [-0.4, -0.2) is 60.3 Å². The Balaban J connectivity index is 1.23. The smallest absolute Gasteiger partial charge is 0.151 e. The van der Waals surface area contributed by atoms with Crippen molar-refractivity contribution in [3.63, 3.8) is 0 Å². The summed E-state index contributed by atoms with van der Waals surface area (Å²) in [6.45, 7) is 4.01. The number of rotatable bonds is 5. The van der Waals surface area contributed by atoms with Crippen molar-refractivity contribution in [1.29, 1.82) is 0 Å². The molecule has 2 unspecified atom stereocenters. The number of nitrogens with one attached hydrogen (secondary N) is 1. The molecule has 1 aromatic heterocycles. The Labute approximate surface area is 124 Å². The third-order valence-electron chi connectivity index (χ3n) is 4.67. The highest BCUT2D eigenvalue weighted by atomic mass is 16.5. The van der Waals surface area contributed by atoms with Gasteiger partial charge in [0.25, 0.3) is 0 Å². The minimum atomic E-state index is -0.359. The first kappa shape index (κ1) is 13.4. The largest absolute Gasteiger partial charge is 0.389 e. The fraction of sp³-hybridized carbons (Fsp3) is 0.733. The molecule has 3 heterocycles. The van der Waals surface area contributed by atoms with Gasteiger partial charge in [0.2, 0.25) is 0 Å². The summed E-state index contributed by atoms with van der Waals surface area (Å²) in [5.41, 5.74) is 1.15. The van der Waals surface area contributed by atoms with Crippen molar-refractivity contribution in [3.8, 4) is 0 Å². The topological polar surface area (TPSA) is 70.5 Å². The summed E-state index contributed by atoms with van der Waals surface area (Å²) >= 11 is 0. The van der Waals surface area contributed by atoms with Gasteiger partial charge < -0.3 is 20.1 Å². The number of nitrogens with zero attached hydrogens (tertiary/aromatic N) is 3. The Morgan fingerprint density at radius 2 is 2.10 bits per heavy atom. The Morgan fingerprint density at radius 3 is 2.71 bits per heavy atom. The molecule has 3 aliphatic rings. The average Bonchev–Trinajstić information content (AvgIpc) is 3.22. The zero-order valence-electron chi connectivity index (χ0n) is 12.1. The summed E-state index contributed by atoms with van der Waals surface area (Å²) in [5, 5.41) is 21.8. The molecule has 1 aromatic rings. The molecule has 2 saturated heterocycles. The van der Waals surface area contributed by atoms with Gasteiger partial charge in [-0.25, -0.2) is 0 Å². The molecule has 0 amide bonds. The Hall–Kier alpha value is -1.24. The third kappa shape index (κ3) is 2.88. The molecule has 6 nitrogen and oxygen atoms in total. The van der Waals surface area contributed by atoms with Crippen molar-refractivity contribution in [2.24, 2.45) is 5.92 Å². The van der Waals surface area contributed by atoms with E-state index in [1.165, 1.54) is 12.8 Å². The molecular weight excluding hydrogens is 268 g/mol. The fourth-order valence-corrected chi connectivity index (χ4v) is 3.04. The molecule has 6 heteroatoms. The summed E-state index contributed by atoms with van der Waals surface area (Å²) in [4.78, 5) is 2.26. The van der Waals surface area contributed by atoms with Crippen LogP contribution in [0.25, 0.3) is 0 Å². The van der Waals surface area contributed by atoms with Crippen molar-refractivity contribution in [1.82, 2.24) is 15.5 Å². The molecule has 2 N–H and O–H groups in total. The molecule has 0 bridgehead atoms. The van der Waals surface area contributed by atoms with Crippen molar-refractivity contribution in [2.45, 2.75) is 30.9 Å². The van der Waals surface area contributed by atoms with Gasteiger partial charge >= 0.3 is 0 Å². The molecule has 1 aliphatic carbocycles. The monoisotopic (exact) mass is 290 g/mol. The van der Waals surface area contributed by atoms with Crippen molar-refractivity contribution in [2.75, 3.05) is 37.7 Å². The first-order chi connectivity index (χ1) is 10.3. The van der Waals surface area contributed by atoms with Gasteiger partial charge in [-0.3, -0.25) is 0 Å². The third-order valence-corrected chi connectivity index (χ3v) is 4.67. The second-order valence-electron chi connectivity index (χ2n) is 6.48. The van der Waals surface area contributed by atoms with E-state index in [0.29, 0.717) is 25.0 Å². The molecule has 2 aliphatic heterocycles. The second kappa shape index (κ2) is 5.51. The molecule has 0 spiro atoms. The highest BCUT2D eigenvalue weighted by Crippen LogP contribution is 2.38. The number of ether oxygens (including phenoxy) is 1. The van der Waals surface area contributed by atoms with Gasteiger partial charge in [0.1, 0.15) is 0 Å². The van der Waals surface area contributed by atoms with Crippen LogP contribution >= 0.6 is 0 Å². The molecule has 1 saturated carbocycles. The van der Waals surface area contributed by atoms with Crippen LogP contribution in [0.3, 0.4) is 0 Å². The van der Waals surface area contributed by atoms with E-state index in [-0.39, 0.29) is 12.1 Å². The van der Waals surface area contributed by atoms with Crippen LogP contribution < -0.4 is 10.2 Å². The van der Waals surface area contributed by atoms with Crippen LogP contribution in [0, 0.1) is 5.92 Å². The maximum atomic E-state index is 9.68. The van der Waals surface area contributed by atoms with Gasteiger partial charge in [-0.15, -0.1) is 5.10 Å². The van der Waals surface area contributed by atoms with Gasteiger partial charge in [0, 0.05) is 31.5 Å². The molecule has 2 atom stereocenters. The summed E-state index contributed by atoms with van der Waals surface area (Å²) in [6, 6.07) is 4.31. The zero-order valence-corrected chi connectivity index (χ0v) is 12.1. The van der Waals surface area contributed by atoms with E-state index in [0.717, 1.165) is 31.1 Å². The summed E-state index contributed by atoms with van der Waals surface area (Å²) in [7, 11) is 0. The second-order valence-corrected chi connectivity index (χ2v) is 6.48. The molecule has 0 aromatic carbocycles. The lowest BCUT2D eigenvalue weighted by Gasteiger charge is -2.40. The molecule has 3 fully saturated rings. The Kier molecular flexibility index (Phi) is 3.52. The zero-order chi connectivity index (χ0) is 14.2. The molecular formula is C15H22N4O2. The van der Waals surface area contributed by atoms with Crippen LogP contribution in [0.15, 0.2) is 12.1 Å². The first-order valence-corrected chi connectivity index (χ1v) is 7.87. The van der Waals surface area contributed by atoms with Gasteiger partial charge in [-0.05, 0) is 25.0 Å². The molecule has 4 rings (SSSR count). The average molecular weight is 290 g/mol. The van der Waals surface area contributed by atoms with E-state index in [2.05, 4.69) is 32.5 Å². The number of aliphatic hydroxyl groups is 1. The van der Waals surface area contributed by atoms with E-state index < -0.39 is 0 Å². The molecule has 21 heavy (non-hydrogen) atoms. The minimum absolute atomic E-state index is 0.0941. The lowest BCUT2D eigenvalue weighted by atomic mass is 9.99. The van der Waals surface area contributed by atoms with Crippen LogP contribution in [0.1, 0.15) is 24.5 Å².